The summed E-state index contributed by atoms with van der Waals surface area (Å²) in [5, 5.41) is 1.15. The number of hydrogen-bond acceptors (Lipinski definition) is 5. The van der Waals surface area contributed by atoms with Crippen molar-refractivity contribution < 1.29 is 19.2 Å². The number of nitrogens with one attached hydrogen (secondary N) is 1. The Kier molecular flexibility index (Phi) is 6.45. The average Bonchev–Trinajstić information content (AvgIpc) is 3.18. The van der Waals surface area contributed by atoms with Crippen LogP contribution in [0.3, 0.4) is 0 Å². The van der Waals surface area contributed by atoms with Gasteiger partial charge in [-0.25, -0.2) is 4.98 Å². The topological polar surface area (TPSA) is 63.9 Å². The Morgan fingerprint density at radius 2 is 2.14 bits per heavy atom. The third-order valence-electron chi connectivity index (χ3n) is 6.07. The number of quaternary nitrogens is 1. The molecule has 1 unspecified atom stereocenters. The molecule has 0 saturated carbocycles. The Hall–Kier alpha value is -1.99. The molecule has 7 heteroatoms. The first-order chi connectivity index (χ1) is 14.1. The number of nitrogens with zero attached hydrogens (tertiary/aromatic N) is 2. The maximum Gasteiger partial charge on any atom is 0.314 e. The second kappa shape index (κ2) is 9.22. The summed E-state index contributed by atoms with van der Waals surface area (Å²) in [6, 6.07) is 8.24. The maximum absolute atomic E-state index is 13.0. The monoisotopic (exact) mass is 416 g/mol. The molecule has 2 fully saturated rings. The highest BCUT2D eigenvalue weighted by Gasteiger charge is 2.33. The third-order valence-corrected chi connectivity index (χ3v) is 7.27. The summed E-state index contributed by atoms with van der Waals surface area (Å²) >= 11 is 1.76. The van der Waals surface area contributed by atoms with Crippen LogP contribution in [0.15, 0.2) is 24.3 Å². The van der Waals surface area contributed by atoms with E-state index < -0.39 is 0 Å². The van der Waals surface area contributed by atoms with Crippen LogP contribution in [0.2, 0.25) is 0 Å². The average molecular weight is 417 g/mol. The zero-order chi connectivity index (χ0) is 20.2. The van der Waals surface area contributed by atoms with Crippen LogP contribution in [0.25, 0.3) is 10.2 Å². The SMILES string of the molecule is CCOC(=O)[C@@H]1CCC[NH+](CC(=O)N2CCC[C@H](c3nc4ccccc4s3)C2)C1. The molecule has 2 saturated heterocycles. The van der Waals surface area contributed by atoms with Crippen LogP contribution < -0.4 is 4.90 Å². The first-order valence-corrected chi connectivity index (χ1v) is 11.6. The zero-order valence-electron chi connectivity index (χ0n) is 17.1. The molecule has 4 rings (SSSR count). The number of amides is 1. The van der Waals surface area contributed by atoms with Crippen LogP contribution in [0.1, 0.15) is 43.5 Å². The van der Waals surface area contributed by atoms with Gasteiger partial charge in [-0.15, -0.1) is 11.3 Å². The van der Waals surface area contributed by atoms with Crippen molar-refractivity contribution in [2.45, 2.75) is 38.5 Å². The number of benzene rings is 1. The number of rotatable bonds is 5. The van der Waals surface area contributed by atoms with E-state index in [0.29, 0.717) is 25.6 Å². The number of carbonyl (C=O) groups is 2. The number of likely N-dealkylation sites (tertiary alicyclic amines) is 2. The number of esters is 1. The molecule has 2 aliphatic heterocycles. The lowest BCUT2D eigenvalue weighted by molar-refractivity contribution is -0.899. The van der Waals surface area contributed by atoms with Crippen LogP contribution in [-0.4, -0.2) is 61.1 Å². The van der Waals surface area contributed by atoms with E-state index >= 15 is 0 Å². The number of aromatic nitrogens is 1. The van der Waals surface area contributed by atoms with E-state index in [-0.39, 0.29) is 17.8 Å². The molecule has 0 aliphatic carbocycles. The summed E-state index contributed by atoms with van der Waals surface area (Å²) in [5.41, 5.74) is 1.05. The predicted molar refractivity (Wildman–Crippen MR) is 113 cm³/mol. The molecule has 156 valence electrons. The molecular formula is C22H30N3O3S+. The first-order valence-electron chi connectivity index (χ1n) is 10.8. The van der Waals surface area contributed by atoms with Gasteiger partial charge in [0.1, 0.15) is 5.92 Å². The number of carbonyl (C=O) groups excluding carboxylic acids is 2. The number of fused-ring (bicyclic) bond motifs is 1. The first kappa shape index (κ1) is 20.3. The fraction of sp³-hybridized carbons (Fsp3) is 0.591. The molecule has 6 nitrogen and oxygen atoms in total. The second-order valence-electron chi connectivity index (χ2n) is 8.17. The molecule has 3 atom stereocenters. The number of thiazole rings is 1. The summed E-state index contributed by atoms with van der Waals surface area (Å²) in [6.45, 7) is 5.98. The van der Waals surface area contributed by atoms with Gasteiger partial charge >= 0.3 is 5.97 Å². The van der Waals surface area contributed by atoms with Crippen molar-refractivity contribution >= 4 is 33.4 Å². The Balaban J connectivity index is 1.35. The molecule has 1 aromatic carbocycles. The summed E-state index contributed by atoms with van der Waals surface area (Å²) in [4.78, 5) is 33.1. The highest BCUT2D eigenvalue weighted by atomic mass is 32.1. The lowest BCUT2D eigenvalue weighted by Gasteiger charge is -2.34. The fourth-order valence-electron chi connectivity index (χ4n) is 4.57. The van der Waals surface area contributed by atoms with E-state index in [1.165, 1.54) is 9.60 Å². The minimum Gasteiger partial charge on any atom is -0.466 e. The molecule has 2 aliphatic rings. The minimum absolute atomic E-state index is 0.0663. The standard InChI is InChI=1S/C22H29N3O3S/c1-2-28-22(27)17-8-5-11-24(13-17)15-20(26)25-12-6-7-16(14-25)21-23-18-9-3-4-10-19(18)29-21/h3-4,9-10,16-17H,2,5-8,11-15H2,1H3/p+1/t16-,17+/m0/s1. The number of para-hydroxylation sites is 1. The molecule has 3 heterocycles. The van der Waals surface area contributed by atoms with Crippen LogP contribution >= 0.6 is 11.3 Å². The molecule has 1 amide bonds. The van der Waals surface area contributed by atoms with Crippen molar-refractivity contribution in [1.82, 2.24) is 9.88 Å². The van der Waals surface area contributed by atoms with Crippen LogP contribution in [-0.2, 0) is 14.3 Å². The highest BCUT2D eigenvalue weighted by molar-refractivity contribution is 7.18. The molecule has 1 N–H and O–H groups in total. The third kappa shape index (κ3) is 4.78. The van der Waals surface area contributed by atoms with E-state index in [1.54, 1.807) is 11.3 Å². The molecular weight excluding hydrogens is 386 g/mol. The van der Waals surface area contributed by atoms with Gasteiger partial charge in [0.05, 0.1) is 34.9 Å². The Morgan fingerprint density at radius 3 is 2.97 bits per heavy atom. The van der Waals surface area contributed by atoms with Crippen molar-refractivity contribution in [3.8, 4) is 0 Å². The van der Waals surface area contributed by atoms with E-state index in [4.69, 9.17) is 9.72 Å². The molecule has 1 aromatic heterocycles. The van der Waals surface area contributed by atoms with Gasteiger partial charge < -0.3 is 14.5 Å². The zero-order valence-corrected chi connectivity index (χ0v) is 17.9. The van der Waals surface area contributed by atoms with Gasteiger partial charge in [0.25, 0.3) is 5.91 Å². The number of hydrogen-bond donors (Lipinski definition) is 1. The molecule has 0 bridgehead atoms. The quantitative estimate of drug-likeness (QED) is 0.756. The van der Waals surface area contributed by atoms with Crippen LogP contribution in [0, 0.1) is 5.92 Å². The molecule has 29 heavy (non-hydrogen) atoms. The summed E-state index contributed by atoms with van der Waals surface area (Å²) in [7, 11) is 0. The maximum atomic E-state index is 13.0. The lowest BCUT2D eigenvalue weighted by Crippen LogP contribution is -3.14. The van der Waals surface area contributed by atoms with Gasteiger partial charge in [-0.2, -0.15) is 0 Å². The van der Waals surface area contributed by atoms with Gasteiger partial charge in [-0.05, 0) is 44.7 Å². The van der Waals surface area contributed by atoms with Gasteiger partial charge in [0.15, 0.2) is 6.54 Å². The van der Waals surface area contributed by atoms with Crippen molar-refractivity contribution in [3.63, 3.8) is 0 Å². The normalized spacial score (nSPS) is 25.1. The number of piperidine rings is 2. The largest absolute Gasteiger partial charge is 0.466 e. The van der Waals surface area contributed by atoms with Crippen LogP contribution in [0.4, 0.5) is 0 Å². The number of ether oxygens (including phenoxy) is 1. The summed E-state index contributed by atoms with van der Waals surface area (Å²) in [6.07, 6.45) is 3.96. The van der Waals surface area contributed by atoms with E-state index in [2.05, 4.69) is 12.1 Å². The van der Waals surface area contributed by atoms with Gasteiger partial charge in [0, 0.05) is 19.0 Å². The smallest absolute Gasteiger partial charge is 0.314 e. The summed E-state index contributed by atoms with van der Waals surface area (Å²) in [5.74, 6) is 0.360. The lowest BCUT2D eigenvalue weighted by atomic mass is 9.97. The van der Waals surface area contributed by atoms with E-state index in [0.717, 1.165) is 55.8 Å². The van der Waals surface area contributed by atoms with Gasteiger partial charge in [-0.1, -0.05) is 12.1 Å². The van der Waals surface area contributed by atoms with Crippen molar-refractivity contribution in [2.24, 2.45) is 5.92 Å². The molecule has 0 radical (unpaired) electrons. The minimum atomic E-state index is -0.106. The van der Waals surface area contributed by atoms with Gasteiger partial charge in [-0.3, -0.25) is 9.59 Å². The Labute approximate surface area is 175 Å². The fourth-order valence-corrected chi connectivity index (χ4v) is 5.66. The van der Waals surface area contributed by atoms with E-state index in [1.807, 2.05) is 24.0 Å². The Bertz CT molecular complexity index is 835. The van der Waals surface area contributed by atoms with Crippen LogP contribution in [0.5, 0.6) is 0 Å². The van der Waals surface area contributed by atoms with E-state index in [9.17, 15) is 9.59 Å². The van der Waals surface area contributed by atoms with Crippen molar-refractivity contribution in [1.29, 1.82) is 0 Å². The summed E-state index contributed by atoms with van der Waals surface area (Å²) < 4.78 is 6.40. The van der Waals surface area contributed by atoms with Gasteiger partial charge in [0.2, 0.25) is 0 Å². The predicted octanol–water partition coefficient (Wildman–Crippen LogP) is 1.86. The highest BCUT2D eigenvalue weighted by Crippen LogP contribution is 2.32. The van der Waals surface area contributed by atoms with Crippen molar-refractivity contribution in [2.75, 3.05) is 39.3 Å². The second-order valence-corrected chi connectivity index (χ2v) is 9.23. The van der Waals surface area contributed by atoms with Crippen molar-refractivity contribution in [3.05, 3.63) is 29.3 Å². The molecule has 2 aromatic rings. The molecule has 0 spiro atoms. The Morgan fingerprint density at radius 1 is 1.28 bits per heavy atom.